The highest BCUT2D eigenvalue weighted by atomic mass is 32.2. The van der Waals surface area contributed by atoms with Gasteiger partial charge in [0.2, 0.25) is 0 Å². The lowest BCUT2D eigenvalue weighted by Crippen LogP contribution is -2.13. The highest BCUT2D eigenvalue weighted by Crippen LogP contribution is 2.31. The van der Waals surface area contributed by atoms with E-state index in [0.717, 1.165) is 6.07 Å². The van der Waals surface area contributed by atoms with Crippen molar-refractivity contribution in [3.8, 4) is 17.2 Å². The number of para-hydroxylation sites is 2. The number of hydrogen-bond donors (Lipinski definition) is 2. The van der Waals surface area contributed by atoms with Gasteiger partial charge in [-0.05, 0) is 54.6 Å². The van der Waals surface area contributed by atoms with Crippen molar-refractivity contribution in [2.24, 2.45) is 0 Å². The van der Waals surface area contributed by atoms with Crippen molar-refractivity contribution >= 4 is 21.7 Å². The van der Waals surface area contributed by atoms with Gasteiger partial charge in [-0.3, -0.25) is 4.72 Å². The number of anilines is 1. The molecule has 7 nitrogen and oxygen atoms in total. The number of benzene rings is 3. The minimum atomic E-state index is -3.93. The molecule has 0 amide bonds. The summed E-state index contributed by atoms with van der Waals surface area (Å²) in [6, 6.07) is 18.6. The number of carboxylic acids is 1. The summed E-state index contributed by atoms with van der Waals surface area (Å²) in [5.41, 5.74) is 0.205. The monoisotopic (exact) mass is 399 g/mol. The smallest absolute Gasteiger partial charge is 0.335 e. The number of carboxylic acid groups (broad SMARTS) is 1. The molecule has 8 heteroatoms. The van der Waals surface area contributed by atoms with Gasteiger partial charge in [0.25, 0.3) is 10.0 Å². The number of methoxy groups -OCH3 is 1. The Labute approximate surface area is 162 Å². The number of nitrogens with one attached hydrogen (secondary N) is 1. The van der Waals surface area contributed by atoms with Crippen LogP contribution in [0.25, 0.3) is 0 Å². The molecule has 28 heavy (non-hydrogen) atoms. The van der Waals surface area contributed by atoms with Crippen LogP contribution < -0.4 is 14.2 Å². The molecule has 0 spiro atoms. The van der Waals surface area contributed by atoms with E-state index in [9.17, 15) is 13.2 Å². The highest BCUT2D eigenvalue weighted by Gasteiger charge is 2.16. The molecule has 0 unspecified atom stereocenters. The second-order valence-electron chi connectivity index (χ2n) is 5.72. The van der Waals surface area contributed by atoms with E-state index in [2.05, 4.69) is 4.72 Å². The molecular formula is C20H17NO6S. The van der Waals surface area contributed by atoms with E-state index >= 15 is 0 Å². The molecule has 0 aliphatic carbocycles. The Morgan fingerprint density at radius 1 is 0.929 bits per heavy atom. The van der Waals surface area contributed by atoms with Crippen LogP contribution >= 0.6 is 0 Å². The van der Waals surface area contributed by atoms with Crippen LogP contribution in [0.15, 0.2) is 77.7 Å². The third kappa shape index (κ3) is 4.41. The van der Waals surface area contributed by atoms with E-state index in [0.29, 0.717) is 22.9 Å². The maximum Gasteiger partial charge on any atom is 0.335 e. The lowest BCUT2D eigenvalue weighted by Gasteiger charge is -2.11. The normalized spacial score (nSPS) is 10.9. The molecule has 3 aromatic rings. The second-order valence-corrected chi connectivity index (χ2v) is 7.40. The van der Waals surface area contributed by atoms with Crippen LogP contribution in [0.4, 0.5) is 5.69 Å². The van der Waals surface area contributed by atoms with Gasteiger partial charge in [-0.2, -0.15) is 0 Å². The molecule has 0 saturated carbocycles. The first-order valence-electron chi connectivity index (χ1n) is 8.16. The Hall–Kier alpha value is -3.52. The summed E-state index contributed by atoms with van der Waals surface area (Å²) in [6.07, 6.45) is 0. The SMILES string of the molecule is COc1ccccc1Oc1ccc(NS(=O)(=O)c2cccc(C(=O)O)c2)cc1. The molecule has 0 aliphatic rings. The van der Waals surface area contributed by atoms with Crippen LogP contribution in [0.5, 0.6) is 17.2 Å². The number of sulfonamides is 1. The Bertz CT molecular complexity index is 1090. The Morgan fingerprint density at radius 3 is 2.25 bits per heavy atom. The minimum Gasteiger partial charge on any atom is -0.493 e. The van der Waals surface area contributed by atoms with Crippen LogP contribution in [0.1, 0.15) is 10.4 Å². The third-order valence-electron chi connectivity index (χ3n) is 3.79. The topological polar surface area (TPSA) is 102 Å². The summed E-state index contributed by atoms with van der Waals surface area (Å²) >= 11 is 0. The fraction of sp³-hybridized carbons (Fsp3) is 0.0500. The third-order valence-corrected chi connectivity index (χ3v) is 5.17. The first-order chi connectivity index (χ1) is 13.4. The lowest BCUT2D eigenvalue weighted by molar-refractivity contribution is 0.0696. The summed E-state index contributed by atoms with van der Waals surface area (Å²) < 4.78 is 38.4. The quantitative estimate of drug-likeness (QED) is 0.623. The molecule has 0 radical (unpaired) electrons. The zero-order chi connectivity index (χ0) is 20.1. The average molecular weight is 399 g/mol. The molecular weight excluding hydrogens is 382 g/mol. The molecule has 0 heterocycles. The van der Waals surface area contributed by atoms with Gasteiger partial charge in [0.05, 0.1) is 17.6 Å². The fourth-order valence-corrected chi connectivity index (χ4v) is 3.54. The molecule has 0 aliphatic heterocycles. The van der Waals surface area contributed by atoms with E-state index in [1.54, 1.807) is 43.5 Å². The Morgan fingerprint density at radius 2 is 1.61 bits per heavy atom. The van der Waals surface area contributed by atoms with E-state index in [1.165, 1.54) is 18.2 Å². The predicted molar refractivity (Wildman–Crippen MR) is 104 cm³/mol. The average Bonchev–Trinajstić information content (AvgIpc) is 2.70. The Balaban J connectivity index is 1.76. The highest BCUT2D eigenvalue weighted by molar-refractivity contribution is 7.92. The molecule has 0 saturated heterocycles. The summed E-state index contributed by atoms with van der Waals surface area (Å²) in [4.78, 5) is 10.9. The maximum atomic E-state index is 12.5. The first-order valence-corrected chi connectivity index (χ1v) is 9.64. The van der Waals surface area contributed by atoms with Gasteiger partial charge in [-0.25, -0.2) is 13.2 Å². The Kier molecular flexibility index (Phi) is 5.51. The number of ether oxygens (including phenoxy) is 2. The number of aromatic carboxylic acids is 1. The number of carbonyl (C=O) groups is 1. The molecule has 0 bridgehead atoms. The number of rotatable bonds is 7. The summed E-state index contributed by atoms with van der Waals surface area (Å²) in [7, 11) is -2.38. The van der Waals surface area contributed by atoms with E-state index in [1.807, 2.05) is 12.1 Å². The second kappa shape index (κ2) is 8.01. The van der Waals surface area contributed by atoms with Crippen molar-refractivity contribution in [1.29, 1.82) is 0 Å². The van der Waals surface area contributed by atoms with Crippen molar-refractivity contribution in [3.05, 3.63) is 78.4 Å². The van der Waals surface area contributed by atoms with Crippen molar-refractivity contribution in [1.82, 2.24) is 0 Å². The summed E-state index contributed by atoms with van der Waals surface area (Å²) in [5.74, 6) is 0.407. The molecule has 0 fully saturated rings. The summed E-state index contributed by atoms with van der Waals surface area (Å²) in [6.45, 7) is 0. The van der Waals surface area contributed by atoms with Crippen LogP contribution in [0.3, 0.4) is 0 Å². The van der Waals surface area contributed by atoms with Gasteiger partial charge in [-0.15, -0.1) is 0 Å². The summed E-state index contributed by atoms with van der Waals surface area (Å²) in [5, 5.41) is 9.02. The van der Waals surface area contributed by atoms with Crippen LogP contribution in [0, 0.1) is 0 Å². The van der Waals surface area contributed by atoms with E-state index in [-0.39, 0.29) is 10.5 Å². The van der Waals surface area contributed by atoms with Crippen LogP contribution in [0.2, 0.25) is 0 Å². The van der Waals surface area contributed by atoms with Gasteiger partial charge in [0, 0.05) is 5.69 Å². The minimum absolute atomic E-state index is 0.108. The van der Waals surface area contributed by atoms with Crippen molar-refractivity contribution < 1.29 is 27.8 Å². The van der Waals surface area contributed by atoms with Gasteiger partial charge < -0.3 is 14.6 Å². The molecule has 3 rings (SSSR count). The molecule has 0 atom stereocenters. The molecule has 0 aromatic heterocycles. The van der Waals surface area contributed by atoms with Gasteiger partial charge in [0.15, 0.2) is 11.5 Å². The maximum absolute atomic E-state index is 12.5. The lowest BCUT2D eigenvalue weighted by atomic mass is 10.2. The van der Waals surface area contributed by atoms with Gasteiger partial charge in [0.1, 0.15) is 5.75 Å². The van der Waals surface area contributed by atoms with Crippen LogP contribution in [-0.2, 0) is 10.0 Å². The molecule has 144 valence electrons. The van der Waals surface area contributed by atoms with Crippen molar-refractivity contribution in [2.75, 3.05) is 11.8 Å². The van der Waals surface area contributed by atoms with E-state index in [4.69, 9.17) is 14.6 Å². The largest absolute Gasteiger partial charge is 0.493 e. The van der Waals surface area contributed by atoms with Gasteiger partial charge >= 0.3 is 5.97 Å². The van der Waals surface area contributed by atoms with Crippen molar-refractivity contribution in [3.63, 3.8) is 0 Å². The zero-order valence-corrected chi connectivity index (χ0v) is 15.6. The van der Waals surface area contributed by atoms with Gasteiger partial charge in [-0.1, -0.05) is 18.2 Å². The fourth-order valence-electron chi connectivity index (χ4n) is 2.43. The van der Waals surface area contributed by atoms with Crippen LogP contribution in [-0.4, -0.2) is 26.6 Å². The standard InChI is InChI=1S/C20H17NO6S/c1-26-18-7-2-3-8-19(18)27-16-11-9-15(10-12-16)21-28(24,25)17-6-4-5-14(13-17)20(22)23/h2-13,21H,1H3,(H,22,23). The zero-order valence-electron chi connectivity index (χ0n) is 14.8. The first kappa shape index (κ1) is 19.2. The molecule has 3 aromatic carbocycles. The van der Waals surface area contributed by atoms with E-state index < -0.39 is 16.0 Å². The predicted octanol–water partition coefficient (Wildman–Crippen LogP) is 3.99. The molecule has 2 N–H and O–H groups in total. The van der Waals surface area contributed by atoms with Crippen molar-refractivity contribution in [2.45, 2.75) is 4.90 Å². The number of hydrogen-bond acceptors (Lipinski definition) is 5.